The summed E-state index contributed by atoms with van der Waals surface area (Å²) >= 11 is 1.88. The molecule has 228 valence electrons. The predicted molar refractivity (Wildman–Crippen MR) is 204 cm³/mol. The van der Waals surface area contributed by atoms with Gasteiger partial charge in [0.05, 0.1) is 26.9 Å². The lowest BCUT2D eigenvalue weighted by Crippen LogP contribution is -1.97. The van der Waals surface area contributed by atoms with Crippen LogP contribution in [0.2, 0.25) is 0 Å². The molecule has 6 heteroatoms. The van der Waals surface area contributed by atoms with E-state index in [-0.39, 0.29) is 0 Å². The number of para-hydroxylation sites is 2. The Morgan fingerprint density at radius 2 is 1.10 bits per heavy atom. The highest BCUT2D eigenvalue weighted by molar-refractivity contribution is 7.27. The molecule has 0 atom stereocenters. The summed E-state index contributed by atoms with van der Waals surface area (Å²) < 4.78 is 6.92. The zero-order valence-electron chi connectivity index (χ0n) is 26.1. The summed E-state index contributed by atoms with van der Waals surface area (Å²) in [5.74, 6) is 1.23. The highest BCUT2D eigenvalue weighted by atomic mass is 32.1. The molecule has 0 saturated heterocycles. The Bertz CT molecular complexity index is 3100. The van der Waals surface area contributed by atoms with E-state index in [1.807, 2.05) is 46.2 Å². The van der Waals surface area contributed by atoms with Gasteiger partial charge in [-0.1, -0.05) is 109 Å². The molecule has 0 bridgehead atoms. The Morgan fingerprint density at radius 3 is 1.90 bits per heavy atom. The Morgan fingerprint density at radius 1 is 0.469 bits per heavy atom. The van der Waals surface area contributed by atoms with Gasteiger partial charge in [-0.05, 0) is 53.2 Å². The van der Waals surface area contributed by atoms with E-state index in [2.05, 4.69) is 126 Å². The molecule has 5 nitrogen and oxygen atoms in total. The SMILES string of the molecule is c1ccc(-c2nc3nc(-c4ccc(-n5c6ccccc6c6c7ccccc7c7c8ccccc8sc7c65)cc4)nn3c3ccccc23)cc1. The van der Waals surface area contributed by atoms with Gasteiger partial charge in [-0.2, -0.15) is 9.50 Å². The molecule has 49 heavy (non-hydrogen) atoms. The molecular formula is C43H25N5S. The summed E-state index contributed by atoms with van der Waals surface area (Å²) in [7, 11) is 0. The fraction of sp³-hybridized carbons (Fsp3) is 0. The maximum atomic E-state index is 5.00. The first-order chi connectivity index (χ1) is 24.3. The van der Waals surface area contributed by atoms with E-state index >= 15 is 0 Å². The van der Waals surface area contributed by atoms with Gasteiger partial charge in [-0.25, -0.2) is 4.98 Å². The normalized spacial score (nSPS) is 12.1. The van der Waals surface area contributed by atoms with Gasteiger partial charge in [-0.3, -0.25) is 0 Å². The average molecular weight is 644 g/mol. The summed E-state index contributed by atoms with van der Waals surface area (Å²) in [5.41, 5.74) is 7.42. The summed E-state index contributed by atoms with van der Waals surface area (Å²) in [6.45, 7) is 0. The van der Waals surface area contributed by atoms with E-state index in [1.54, 1.807) is 0 Å². The number of aromatic nitrogens is 5. The quantitative estimate of drug-likeness (QED) is 0.192. The van der Waals surface area contributed by atoms with Gasteiger partial charge in [0.1, 0.15) is 0 Å². The molecule has 0 fully saturated rings. The van der Waals surface area contributed by atoms with Crippen molar-refractivity contribution in [3.05, 3.63) is 152 Å². The lowest BCUT2D eigenvalue weighted by molar-refractivity contribution is 0.988. The van der Waals surface area contributed by atoms with Crippen molar-refractivity contribution >= 4 is 80.8 Å². The molecule has 0 amide bonds. The molecule has 0 unspecified atom stereocenters. The molecule has 0 radical (unpaired) electrons. The first kappa shape index (κ1) is 26.7. The van der Waals surface area contributed by atoms with E-state index in [0.29, 0.717) is 11.6 Å². The van der Waals surface area contributed by atoms with Crippen LogP contribution in [0.5, 0.6) is 0 Å². The van der Waals surface area contributed by atoms with Gasteiger partial charge in [0.25, 0.3) is 5.78 Å². The van der Waals surface area contributed by atoms with Crippen LogP contribution < -0.4 is 0 Å². The molecule has 0 aliphatic rings. The molecular weight excluding hydrogens is 619 g/mol. The van der Waals surface area contributed by atoms with E-state index < -0.39 is 0 Å². The third kappa shape index (κ3) is 3.77. The number of nitrogens with zero attached hydrogens (tertiary/aromatic N) is 5. The first-order valence-electron chi connectivity index (χ1n) is 16.4. The van der Waals surface area contributed by atoms with Crippen molar-refractivity contribution in [2.45, 2.75) is 0 Å². The number of hydrogen-bond donors (Lipinski definition) is 0. The second-order valence-electron chi connectivity index (χ2n) is 12.5. The van der Waals surface area contributed by atoms with Gasteiger partial charge in [-0.15, -0.1) is 16.4 Å². The molecule has 0 aliphatic heterocycles. The van der Waals surface area contributed by atoms with Crippen LogP contribution in [-0.2, 0) is 0 Å². The molecule has 0 aliphatic carbocycles. The molecule has 7 aromatic carbocycles. The second-order valence-corrected chi connectivity index (χ2v) is 13.5. The molecule has 11 rings (SSSR count). The number of hydrogen-bond acceptors (Lipinski definition) is 4. The number of fused-ring (bicyclic) bond motifs is 13. The minimum absolute atomic E-state index is 0.582. The first-order valence-corrected chi connectivity index (χ1v) is 17.2. The molecule has 4 aromatic heterocycles. The minimum atomic E-state index is 0.582. The zero-order chi connectivity index (χ0) is 32.1. The lowest BCUT2D eigenvalue weighted by Gasteiger charge is -2.10. The molecule has 0 saturated carbocycles. The van der Waals surface area contributed by atoms with Crippen molar-refractivity contribution in [1.82, 2.24) is 24.1 Å². The van der Waals surface area contributed by atoms with Crippen LogP contribution in [0.3, 0.4) is 0 Å². The minimum Gasteiger partial charge on any atom is -0.308 e. The van der Waals surface area contributed by atoms with Crippen LogP contribution in [0.25, 0.3) is 97.8 Å². The summed E-state index contributed by atoms with van der Waals surface area (Å²) in [6.07, 6.45) is 0. The van der Waals surface area contributed by atoms with Crippen molar-refractivity contribution in [2.75, 3.05) is 0 Å². The van der Waals surface area contributed by atoms with Crippen molar-refractivity contribution in [1.29, 1.82) is 0 Å². The maximum Gasteiger partial charge on any atom is 0.253 e. The highest BCUT2D eigenvalue weighted by Gasteiger charge is 2.22. The number of rotatable bonds is 3. The zero-order valence-corrected chi connectivity index (χ0v) is 26.9. The summed E-state index contributed by atoms with van der Waals surface area (Å²) in [5, 5.41) is 13.8. The molecule has 11 aromatic rings. The standard InChI is InChI=1S/C43H25N5S/c1-2-12-26(13-3-1)39-32-17-7-10-20-35(32)48-43(44-39)45-42(46-48)27-22-24-28(25-23-27)47-34-19-9-6-16-31(34)37-29-14-4-5-15-30(29)38-33-18-8-11-21-36(33)49-41(38)40(37)47/h1-25H. The molecule has 0 N–H and O–H groups in total. The van der Waals surface area contributed by atoms with E-state index in [1.165, 1.54) is 52.8 Å². The predicted octanol–water partition coefficient (Wildman–Crippen LogP) is 11.2. The second kappa shape index (κ2) is 10.1. The van der Waals surface area contributed by atoms with Gasteiger partial charge in [0.15, 0.2) is 5.82 Å². The fourth-order valence-corrected chi connectivity index (χ4v) is 8.91. The highest BCUT2D eigenvalue weighted by Crippen LogP contribution is 2.47. The lowest BCUT2D eigenvalue weighted by atomic mass is 9.99. The average Bonchev–Trinajstić information content (AvgIpc) is 3.88. The third-order valence-corrected chi connectivity index (χ3v) is 10.9. The van der Waals surface area contributed by atoms with Crippen molar-refractivity contribution in [3.63, 3.8) is 0 Å². The van der Waals surface area contributed by atoms with Gasteiger partial charge in [0.2, 0.25) is 0 Å². The summed E-state index contributed by atoms with van der Waals surface area (Å²) in [4.78, 5) is 9.95. The van der Waals surface area contributed by atoms with Crippen LogP contribution in [0, 0.1) is 0 Å². The van der Waals surface area contributed by atoms with E-state index in [0.717, 1.165) is 33.4 Å². The van der Waals surface area contributed by atoms with Crippen LogP contribution in [0.4, 0.5) is 0 Å². The topological polar surface area (TPSA) is 48.0 Å². The molecule has 0 spiro atoms. The molecule has 4 heterocycles. The van der Waals surface area contributed by atoms with Gasteiger partial charge < -0.3 is 4.57 Å². The number of benzene rings is 7. The largest absolute Gasteiger partial charge is 0.308 e. The van der Waals surface area contributed by atoms with Crippen LogP contribution in [0.1, 0.15) is 0 Å². The van der Waals surface area contributed by atoms with Gasteiger partial charge in [0, 0.05) is 48.4 Å². The Kier molecular flexibility index (Phi) is 5.48. The maximum absolute atomic E-state index is 5.00. The van der Waals surface area contributed by atoms with Gasteiger partial charge >= 0.3 is 0 Å². The van der Waals surface area contributed by atoms with Crippen LogP contribution in [0.15, 0.2) is 152 Å². The van der Waals surface area contributed by atoms with Crippen molar-refractivity contribution in [2.24, 2.45) is 0 Å². The van der Waals surface area contributed by atoms with Crippen LogP contribution in [-0.4, -0.2) is 24.1 Å². The fourth-order valence-electron chi connectivity index (χ4n) is 7.65. The summed E-state index contributed by atoms with van der Waals surface area (Å²) in [6, 6.07) is 53.6. The monoisotopic (exact) mass is 643 g/mol. The number of thiophene rings is 1. The van der Waals surface area contributed by atoms with E-state index in [9.17, 15) is 0 Å². The van der Waals surface area contributed by atoms with Crippen molar-refractivity contribution < 1.29 is 0 Å². The van der Waals surface area contributed by atoms with Crippen LogP contribution >= 0.6 is 11.3 Å². The Balaban J connectivity index is 1.14. The smallest absolute Gasteiger partial charge is 0.253 e. The third-order valence-electron chi connectivity index (χ3n) is 9.77. The van der Waals surface area contributed by atoms with Crippen molar-refractivity contribution in [3.8, 4) is 28.3 Å². The van der Waals surface area contributed by atoms with E-state index in [4.69, 9.17) is 15.1 Å². The Labute approximate surface area is 283 Å². The Hall–Kier alpha value is -6.37.